The zero-order valence-electron chi connectivity index (χ0n) is 9.82. The van der Waals surface area contributed by atoms with Crippen molar-refractivity contribution in [2.45, 2.75) is 25.2 Å². The summed E-state index contributed by atoms with van der Waals surface area (Å²) in [6.07, 6.45) is 4.67. The Bertz CT molecular complexity index is 573. The van der Waals surface area contributed by atoms with E-state index < -0.39 is 0 Å². The summed E-state index contributed by atoms with van der Waals surface area (Å²) >= 11 is 0. The summed E-state index contributed by atoms with van der Waals surface area (Å²) in [5.74, 6) is 0.260. The number of aromatic nitrogens is 2. The SMILES string of the molecule is O=[N+]([O-])c1cn(-c2ccccc2)nc1C1CCC1. The normalized spacial score (nSPS) is 15.3. The van der Waals surface area contributed by atoms with Gasteiger partial charge in [0.25, 0.3) is 0 Å². The standard InChI is InChI=1S/C13H13N3O2/c17-16(18)12-9-15(11-7-2-1-3-8-11)14-13(12)10-5-4-6-10/h1-3,7-10H,4-6H2. The van der Waals surface area contributed by atoms with Gasteiger partial charge in [0.05, 0.1) is 10.6 Å². The lowest BCUT2D eigenvalue weighted by atomic mass is 9.82. The summed E-state index contributed by atoms with van der Waals surface area (Å²) in [7, 11) is 0. The molecule has 0 unspecified atom stereocenters. The minimum atomic E-state index is -0.333. The van der Waals surface area contributed by atoms with Crippen molar-refractivity contribution in [2.75, 3.05) is 0 Å². The van der Waals surface area contributed by atoms with Crippen LogP contribution in [-0.4, -0.2) is 14.7 Å². The molecule has 2 aromatic rings. The van der Waals surface area contributed by atoms with E-state index >= 15 is 0 Å². The molecule has 1 aliphatic carbocycles. The van der Waals surface area contributed by atoms with Crippen LogP contribution in [0.1, 0.15) is 30.9 Å². The quantitative estimate of drug-likeness (QED) is 0.614. The Morgan fingerprint density at radius 1 is 1.28 bits per heavy atom. The first-order valence-corrected chi connectivity index (χ1v) is 6.05. The van der Waals surface area contributed by atoms with Crippen LogP contribution in [0.2, 0.25) is 0 Å². The van der Waals surface area contributed by atoms with E-state index in [-0.39, 0.29) is 16.5 Å². The van der Waals surface area contributed by atoms with Crippen LogP contribution < -0.4 is 0 Å². The molecule has 1 saturated carbocycles. The molecule has 1 fully saturated rings. The van der Waals surface area contributed by atoms with E-state index in [1.807, 2.05) is 30.3 Å². The van der Waals surface area contributed by atoms with E-state index in [0.717, 1.165) is 24.9 Å². The van der Waals surface area contributed by atoms with E-state index in [4.69, 9.17) is 0 Å². The maximum Gasteiger partial charge on any atom is 0.310 e. The summed E-state index contributed by atoms with van der Waals surface area (Å²) in [4.78, 5) is 10.7. The first kappa shape index (κ1) is 11.0. The van der Waals surface area contributed by atoms with E-state index in [1.54, 1.807) is 4.68 Å². The molecule has 18 heavy (non-hydrogen) atoms. The lowest BCUT2D eigenvalue weighted by Gasteiger charge is -2.22. The number of benzene rings is 1. The van der Waals surface area contributed by atoms with Gasteiger partial charge in [-0.2, -0.15) is 5.10 Å². The minimum Gasteiger partial charge on any atom is -0.258 e. The highest BCUT2D eigenvalue weighted by molar-refractivity contribution is 5.41. The van der Waals surface area contributed by atoms with E-state index in [0.29, 0.717) is 5.69 Å². The molecule has 92 valence electrons. The van der Waals surface area contributed by atoms with Gasteiger partial charge in [-0.15, -0.1) is 0 Å². The van der Waals surface area contributed by atoms with Crippen LogP contribution >= 0.6 is 0 Å². The smallest absolute Gasteiger partial charge is 0.258 e. The molecule has 0 saturated heterocycles. The molecule has 0 bridgehead atoms. The first-order valence-electron chi connectivity index (χ1n) is 6.05. The number of rotatable bonds is 3. The third-order valence-corrected chi connectivity index (χ3v) is 3.43. The van der Waals surface area contributed by atoms with Crippen LogP contribution in [0.3, 0.4) is 0 Å². The lowest BCUT2D eigenvalue weighted by molar-refractivity contribution is -0.385. The van der Waals surface area contributed by atoms with Gasteiger partial charge in [-0.1, -0.05) is 24.6 Å². The van der Waals surface area contributed by atoms with Gasteiger partial charge in [-0.3, -0.25) is 10.1 Å². The molecule has 1 aliphatic rings. The summed E-state index contributed by atoms with van der Waals surface area (Å²) in [6, 6.07) is 9.48. The largest absolute Gasteiger partial charge is 0.310 e. The van der Waals surface area contributed by atoms with Gasteiger partial charge in [0.2, 0.25) is 0 Å². The van der Waals surface area contributed by atoms with Gasteiger partial charge >= 0.3 is 5.69 Å². The molecule has 1 heterocycles. The molecular weight excluding hydrogens is 230 g/mol. The molecule has 5 nitrogen and oxygen atoms in total. The van der Waals surface area contributed by atoms with Crippen molar-refractivity contribution in [3.8, 4) is 5.69 Å². The monoisotopic (exact) mass is 243 g/mol. The van der Waals surface area contributed by atoms with Crippen molar-refractivity contribution in [3.63, 3.8) is 0 Å². The lowest BCUT2D eigenvalue weighted by Crippen LogP contribution is -2.11. The van der Waals surface area contributed by atoms with Crippen molar-refractivity contribution >= 4 is 5.69 Å². The molecular formula is C13H13N3O2. The number of hydrogen-bond acceptors (Lipinski definition) is 3. The average Bonchev–Trinajstić information content (AvgIpc) is 2.73. The molecule has 0 amide bonds. The van der Waals surface area contributed by atoms with E-state index in [1.165, 1.54) is 6.20 Å². The fraction of sp³-hybridized carbons (Fsp3) is 0.308. The number of para-hydroxylation sites is 1. The molecule has 5 heteroatoms. The maximum absolute atomic E-state index is 11.1. The van der Waals surface area contributed by atoms with Crippen molar-refractivity contribution in [2.24, 2.45) is 0 Å². The van der Waals surface area contributed by atoms with Gasteiger partial charge in [0, 0.05) is 5.92 Å². The topological polar surface area (TPSA) is 61.0 Å². The molecule has 3 rings (SSSR count). The first-order chi connectivity index (χ1) is 8.75. The molecule has 0 radical (unpaired) electrons. The van der Waals surface area contributed by atoms with E-state index in [2.05, 4.69) is 5.10 Å². The highest BCUT2D eigenvalue weighted by Crippen LogP contribution is 2.39. The molecule has 0 atom stereocenters. The van der Waals surface area contributed by atoms with Crippen molar-refractivity contribution in [1.82, 2.24) is 9.78 Å². The predicted octanol–water partition coefficient (Wildman–Crippen LogP) is 3.05. The average molecular weight is 243 g/mol. The maximum atomic E-state index is 11.1. The second kappa shape index (κ2) is 4.25. The van der Waals surface area contributed by atoms with Crippen molar-refractivity contribution in [1.29, 1.82) is 0 Å². The Labute approximate surface area is 104 Å². The van der Waals surface area contributed by atoms with Gasteiger partial charge in [0.15, 0.2) is 0 Å². The fourth-order valence-electron chi connectivity index (χ4n) is 2.20. The number of hydrogen-bond donors (Lipinski definition) is 0. The molecule has 1 aromatic heterocycles. The zero-order valence-corrected chi connectivity index (χ0v) is 9.82. The van der Waals surface area contributed by atoms with Gasteiger partial charge in [-0.05, 0) is 25.0 Å². The Hall–Kier alpha value is -2.17. The summed E-state index contributed by atoms with van der Waals surface area (Å²) < 4.78 is 1.60. The Balaban J connectivity index is 2.04. The van der Waals surface area contributed by atoms with Crippen LogP contribution in [-0.2, 0) is 0 Å². The molecule has 0 N–H and O–H groups in total. The van der Waals surface area contributed by atoms with Gasteiger partial charge in [-0.25, -0.2) is 4.68 Å². The number of nitrogens with zero attached hydrogens (tertiary/aromatic N) is 3. The second-order valence-electron chi connectivity index (χ2n) is 4.56. The zero-order chi connectivity index (χ0) is 12.5. The van der Waals surface area contributed by atoms with Gasteiger partial charge in [0.1, 0.15) is 11.9 Å². The van der Waals surface area contributed by atoms with Crippen LogP contribution in [0.25, 0.3) is 5.69 Å². The Morgan fingerprint density at radius 3 is 2.56 bits per heavy atom. The molecule has 0 aliphatic heterocycles. The predicted molar refractivity (Wildman–Crippen MR) is 66.8 cm³/mol. The Kier molecular flexibility index (Phi) is 2.59. The van der Waals surface area contributed by atoms with E-state index in [9.17, 15) is 10.1 Å². The van der Waals surface area contributed by atoms with Crippen LogP contribution in [0.5, 0.6) is 0 Å². The second-order valence-corrected chi connectivity index (χ2v) is 4.56. The Morgan fingerprint density at radius 2 is 2.00 bits per heavy atom. The summed E-state index contributed by atoms with van der Waals surface area (Å²) in [5, 5.41) is 15.5. The van der Waals surface area contributed by atoms with Crippen molar-refractivity contribution < 1.29 is 4.92 Å². The highest BCUT2D eigenvalue weighted by atomic mass is 16.6. The summed E-state index contributed by atoms with van der Waals surface area (Å²) in [5.41, 5.74) is 1.63. The van der Waals surface area contributed by atoms with Gasteiger partial charge < -0.3 is 0 Å². The fourth-order valence-corrected chi connectivity index (χ4v) is 2.20. The number of nitro groups is 1. The van der Waals surface area contributed by atoms with Crippen LogP contribution in [0.4, 0.5) is 5.69 Å². The summed E-state index contributed by atoms with van der Waals surface area (Å²) in [6.45, 7) is 0. The highest BCUT2D eigenvalue weighted by Gasteiger charge is 2.31. The third kappa shape index (κ3) is 1.77. The van der Waals surface area contributed by atoms with Crippen molar-refractivity contribution in [3.05, 3.63) is 52.3 Å². The molecule has 0 spiro atoms. The molecule has 1 aromatic carbocycles. The van der Waals surface area contributed by atoms with Crippen LogP contribution in [0.15, 0.2) is 36.5 Å². The minimum absolute atomic E-state index is 0.142. The third-order valence-electron chi connectivity index (χ3n) is 3.43. The van der Waals surface area contributed by atoms with Crippen LogP contribution in [0, 0.1) is 10.1 Å².